The Labute approximate surface area is 135 Å². The highest BCUT2D eigenvalue weighted by molar-refractivity contribution is 7.99. The number of anilines is 1. The van der Waals surface area contributed by atoms with E-state index in [1.54, 1.807) is 30.0 Å². The number of halogens is 1. The van der Waals surface area contributed by atoms with Gasteiger partial charge in [0.2, 0.25) is 0 Å². The second-order valence-electron chi connectivity index (χ2n) is 4.54. The van der Waals surface area contributed by atoms with Crippen LogP contribution in [0.3, 0.4) is 0 Å². The third-order valence-electron chi connectivity index (χ3n) is 3.00. The highest BCUT2D eigenvalue weighted by Crippen LogP contribution is 2.27. The van der Waals surface area contributed by atoms with Crippen LogP contribution in [0, 0.1) is 5.82 Å². The number of nitrogens with zero attached hydrogens (tertiary/aromatic N) is 1. The average molecular weight is 332 g/mol. The van der Waals surface area contributed by atoms with Crippen molar-refractivity contribution in [3.8, 4) is 0 Å². The first-order chi connectivity index (χ1) is 10.7. The van der Waals surface area contributed by atoms with E-state index in [0.29, 0.717) is 20.9 Å². The van der Waals surface area contributed by atoms with E-state index in [1.807, 2.05) is 12.1 Å². The molecule has 3 rings (SSSR count). The van der Waals surface area contributed by atoms with E-state index >= 15 is 0 Å². The zero-order valence-corrected chi connectivity index (χ0v) is 13.4. The van der Waals surface area contributed by atoms with Crippen LogP contribution in [0.5, 0.6) is 0 Å². The van der Waals surface area contributed by atoms with Crippen LogP contribution in [0.15, 0.2) is 47.4 Å². The molecule has 1 N–H and O–H groups in total. The Morgan fingerprint density at radius 3 is 2.77 bits per heavy atom. The summed E-state index contributed by atoms with van der Waals surface area (Å²) in [6.45, 7) is 2.08. The van der Waals surface area contributed by atoms with E-state index in [9.17, 15) is 9.18 Å². The summed E-state index contributed by atoms with van der Waals surface area (Å²) in [6.07, 6.45) is 0. The Bertz CT molecular complexity index is 815. The number of amides is 1. The number of thioether (sulfide) groups is 1. The van der Waals surface area contributed by atoms with E-state index < -0.39 is 0 Å². The van der Waals surface area contributed by atoms with Gasteiger partial charge in [0.1, 0.15) is 5.82 Å². The lowest BCUT2D eigenvalue weighted by molar-refractivity contribution is 0.102. The Kier molecular flexibility index (Phi) is 4.40. The molecule has 0 atom stereocenters. The van der Waals surface area contributed by atoms with Crippen LogP contribution in [0.2, 0.25) is 0 Å². The number of carbonyl (C=O) groups excluding carboxylic acids is 1. The van der Waals surface area contributed by atoms with Crippen molar-refractivity contribution in [2.75, 3.05) is 11.1 Å². The molecular formula is C16H13FN2OS2. The van der Waals surface area contributed by atoms with E-state index in [1.165, 1.54) is 23.5 Å². The number of hydrogen-bond donors (Lipinski definition) is 1. The van der Waals surface area contributed by atoms with Gasteiger partial charge in [0.15, 0.2) is 5.13 Å². The summed E-state index contributed by atoms with van der Waals surface area (Å²) in [5.41, 5.74) is 1.25. The normalized spacial score (nSPS) is 10.8. The summed E-state index contributed by atoms with van der Waals surface area (Å²) in [5.74, 6) is 0.471. The molecule has 0 bridgehead atoms. The SMILES string of the molecule is CCSc1ccc(C(=O)Nc2nc3ccc(F)cc3s2)cc1. The maximum absolute atomic E-state index is 13.2. The van der Waals surface area contributed by atoms with Crippen molar-refractivity contribution < 1.29 is 9.18 Å². The molecule has 0 radical (unpaired) electrons. The van der Waals surface area contributed by atoms with Crippen LogP contribution < -0.4 is 5.32 Å². The molecule has 6 heteroatoms. The molecule has 0 saturated heterocycles. The fourth-order valence-electron chi connectivity index (χ4n) is 1.99. The van der Waals surface area contributed by atoms with Crippen molar-refractivity contribution in [3.05, 3.63) is 53.8 Å². The van der Waals surface area contributed by atoms with E-state index in [2.05, 4.69) is 17.2 Å². The van der Waals surface area contributed by atoms with E-state index in [0.717, 1.165) is 10.6 Å². The molecule has 1 aromatic heterocycles. The smallest absolute Gasteiger partial charge is 0.257 e. The summed E-state index contributed by atoms with van der Waals surface area (Å²) < 4.78 is 13.9. The molecule has 0 aliphatic carbocycles. The van der Waals surface area contributed by atoms with Crippen LogP contribution in [0.4, 0.5) is 9.52 Å². The predicted octanol–water partition coefficient (Wildman–Crippen LogP) is 4.80. The van der Waals surface area contributed by atoms with Gasteiger partial charge < -0.3 is 0 Å². The summed E-state index contributed by atoms with van der Waals surface area (Å²) in [4.78, 5) is 17.6. The first-order valence-electron chi connectivity index (χ1n) is 6.76. The molecule has 1 heterocycles. The molecular weight excluding hydrogens is 319 g/mol. The maximum Gasteiger partial charge on any atom is 0.257 e. The minimum atomic E-state index is -0.307. The number of hydrogen-bond acceptors (Lipinski definition) is 4. The second-order valence-corrected chi connectivity index (χ2v) is 6.91. The minimum absolute atomic E-state index is 0.215. The van der Waals surface area contributed by atoms with Gasteiger partial charge in [0.05, 0.1) is 10.2 Å². The van der Waals surface area contributed by atoms with Gasteiger partial charge in [-0.25, -0.2) is 9.37 Å². The van der Waals surface area contributed by atoms with E-state index in [-0.39, 0.29) is 11.7 Å². The molecule has 0 unspecified atom stereocenters. The fraction of sp³-hybridized carbons (Fsp3) is 0.125. The first kappa shape index (κ1) is 15.0. The Morgan fingerprint density at radius 2 is 2.05 bits per heavy atom. The fourth-order valence-corrected chi connectivity index (χ4v) is 3.54. The predicted molar refractivity (Wildman–Crippen MR) is 90.4 cm³/mol. The quantitative estimate of drug-likeness (QED) is 0.698. The molecule has 2 aromatic carbocycles. The van der Waals surface area contributed by atoms with Gasteiger partial charge >= 0.3 is 0 Å². The molecule has 0 spiro atoms. The van der Waals surface area contributed by atoms with E-state index in [4.69, 9.17) is 0 Å². The molecule has 0 aliphatic rings. The summed E-state index contributed by atoms with van der Waals surface area (Å²) >= 11 is 2.99. The topological polar surface area (TPSA) is 42.0 Å². The maximum atomic E-state index is 13.2. The minimum Gasteiger partial charge on any atom is -0.298 e. The average Bonchev–Trinajstić information content (AvgIpc) is 2.89. The van der Waals surface area contributed by atoms with Gasteiger partial charge in [-0.1, -0.05) is 18.3 Å². The number of aromatic nitrogens is 1. The molecule has 22 heavy (non-hydrogen) atoms. The number of carbonyl (C=O) groups is 1. The van der Waals surface area contributed by atoms with Crippen LogP contribution >= 0.6 is 23.1 Å². The lowest BCUT2D eigenvalue weighted by atomic mass is 10.2. The monoisotopic (exact) mass is 332 g/mol. The Morgan fingerprint density at radius 1 is 1.27 bits per heavy atom. The molecule has 3 aromatic rings. The number of benzene rings is 2. The van der Waals surface area contributed by atoms with Crippen molar-refractivity contribution in [2.45, 2.75) is 11.8 Å². The number of thiazole rings is 1. The Balaban J connectivity index is 1.77. The molecule has 112 valence electrons. The lowest BCUT2D eigenvalue weighted by Crippen LogP contribution is -2.11. The van der Waals surface area contributed by atoms with Crippen LogP contribution in [-0.4, -0.2) is 16.6 Å². The van der Waals surface area contributed by atoms with Crippen LogP contribution in [-0.2, 0) is 0 Å². The molecule has 0 saturated carbocycles. The standard InChI is InChI=1S/C16H13FN2OS2/c1-2-21-12-6-3-10(4-7-12)15(20)19-16-18-13-8-5-11(17)9-14(13)22-16/h3-9H,2H2,1H3,(H,18,19,20). The highest BCUT2D eigenvalue weighted by Gasteiger charge is 2.10. The molecule has 0 aliphatic heterocycles. The first-order valence-corrected chi connectivity index (χ1v) is 8.56. The second kappa shape index (κ2) is 6.46. The molecule has 3 nitrogen and oxygen atoms in total. The highest BCUT2D eigenvalue weighted by atomic mass is 32.2. The van der Waals surface area contributed by atoms with Gasteiger partial charge in [-0.3, -0.25) is 10.1 Å². The van der Waals surface area contributed by atoms with Gasteiger partial charge in [-0.2, -0.15) is 0 Å². The van der Waals surface area contributed by atoms with Gasteiger partial charge in [-0.15, -0.1) is 11.8 Å². The summed E-state index contributed by atoms with van der Waals surface area (Å²) in [5, 5.41) is 3.23. The third kappa shape index (κ3) is 3.28. The van der Waals surface area contributed by atoms with Crippen molar-refractivity contribution in [2.24, 2.45) is 0 Å². The van der Waals surface area contributed by atoms with Crippen LogP contribution in [0.25, 0.3) is 10.2 Å². The summed E-state index contributed by atoms with van der Waals surface area (Å²) in [7, 11) is 0. The van der Waals surface area contributed by atoms with Gasteiger partial charge in [0, 0.05) is 10.5 Å². The summed E-state index contributed by atoms with van der Waals surface area (Å²) in [6, 6.07) is 11.8. The van der Waals surface area contributed by atoms with Gasteiger partial charge in [0.25, 0.3) is 5.91 Å². The van der Waals surface area contributed by atoms with Crippen LogP contribution in [0.1, 0.15) is 17.3 Å². The number of fused-ring (bicyclic) bond motifs is 1. The third-order valence-corrected chi connectivity index (χ3v) is 4.83. The molecule has 1 amide bonds. The van der Waals surface area contributed by atoms with Crippen molar-refractivity contribution in [1.82, 2.24) is 4.98 Å². The van der Waals surface area contributed by atoms with Gasteiger partial charge in [-0.05, 0) is 48.2 Å². The van der Waals surface area contributed by atoms with Crippen molar-refractivity contribution in [1.29, 1.82) is 0 Å². The van der Waals surface area contributed by atoms with Crippen molar-refractivity contribution >= 4 is 44.4 Å². The molecule has 0 fully saturated rings. The number of rotatable bonds is 4. The number of nitrogens with one attached hydrogen (secondary N) is 1. The largest absolute Gasteiger partial charge is 0.298 e. The zero-order chi connectivity index (χ0) is 15.5. The van der Waals surface area contributed by atoms with Crippen molar-refractivity contribution in [3.63, 3.8) is 0 Å². The Hall–Kier alpha value is -1.92. The zero-order valence-electron chi connectivity index (χ0n) is 11.8. The lowest BCUT2D eigenvalue weighted by Gasteiger charge is -2.03.